The van der Waals surface area contributed by atoms with Gasteiger partial charge >= 0.3 is 0 Å². The topological polar surface area (TPSA) is 48.4 Å². The molecule has 19 heavy (non-hydrogen) atoms. The summed E-state index contributed by atoms with van der Waals surface area (Å²) in [6, 6.07) is 4.83. The van der Waals surface area contributed by atoms with E-state index in [2.05, 4.69) is 34.3 Å². The van der Waals surface area contributed by atoms with E-state index in [1.807, 2.05) is 6.20 Å². The minimum atomic E-state index is 0.238. The van der Waals surface area contributed by atoms with Crippen molar-refractivity contribution >= 4 is 5.82 Å². The van der Waals surface area contributed by atoms with E-state index in [9.17, 15) is 5.11 Å². The highest BCUT2D eigenvalue weighted by atomic mass is 16.3. The molecule has 0 spiro atoms. The highest BCUT2D eigenvalue weighted by molar-refractivity contribution is 5.37. The largest absolute Gasteiger partial charge is 0.395 e. The lowest BCUT2D eigenvalue weighted by Gasteiger charge is -2.28. The van der Waals surface area contributed by atoms with E-state index >= 15 is 0 Å². The van der Waals surface area contributed by atoms with Crippen molar-refractivity contribution in [3.8, 4) is 0 Å². The fourth-order valence-electron chi connectivity index (χ4n) is 2.87. The zero-order valence-corrected chi connectivity index (χ0v) is 11.8. The smallest absolute Gasteiger partial charge is 0.126 e. The van der Waals surface area contributed by atoms with E-state index in [-0.39, 0.29) is 6.61 Å². The minimum absolute atomic E-state index is 0.238. The summed E-state index contributed by atoms with van der Waals surface area (Å²) in [5, 5.41) is 12.5. The maximum atomic E-state index is 9.25. The molecule has 1 saturated carbocycles. The second-order valence-electron chi connectivity index (χ2n) is 5.21. The van der Waals surface area contributed by atoms with Crippen LogP contribution in [0.25, 0.3) is 0 Å². The van der Waals surface area contributed by atoms with E-state index in [1.165, 1.54) is 31.2 Å². The molecule has 0 bridgehead atoms. The second-order valence-corrected chi connectivity index (χ2v) is 5.21. The van der Waals surface area contributed by atoms with Gasteiger partial charge < -0.3 is 10.4 Å². The predicted molar refractivity (Wildman–Crippen MR) is 78.2 cm³/mol. The van der Waals surface area contributed by atoms with Crippen molar-refractivity contribution < 1.29 is 5.11 Å². The minimum Gasteiger partial charge on any atom is -0.395 e. The highest BCUT2D eigenvalue weighted by Crippen LogP contribution is 2.24. The van der Waals surface area contributed by atoms with Gasteiger partial charge in [0.05, 0.1) is 6.61 Å². The molecule has 1 aromatic heterocycles. The molecule has 2 rings (SSSR count). The first kappa shape index (κ1) is 14.3. The third kappa shape index (κ3) is 4.18. The van der Waals surface area contributed by atoms with Crippen LogP contribution in [0.1, 0.15) is 38.2 Å². The summed E-state index contributed by atoms with van der Waals surface area (Å²) in [5.74, 6) is 0.940. The number of pyridine rings is 1. The average Bonchev–Trinajstić information content (AvgIpc) is 2.93. The van der Waals surface area contributed by atoms with Crippen molar-refractivity contribution in [1.29, 1.82) is 0 Å². The van der Waals surface area contributed by atoms with Crippen molar-refractivity contribution in [1.82, 2.24) is 9.88 Å². The molecule has 0 saturated heterocycles. The number of nitrogens with zero attached hydrogens (tertiary/aromatic N) is 2. The Bertz CT molecular complexity index is 377. The molecule has 0 aliphatic heterocycles. The maximum Gasteiger partial charge on any atom is 0.126 e. The molecule has 1 aromatic rings. The molecule has 0 aromatic carbocycles. The monoisotopic (exact) mass is 263 g/mol. The van der Waals surface area contributed by atoms with Gasteiger partial charge in [0.15, 0.2) is 0 Å². The summed E-state index contributed by atoms with van der Waals surface area (Å²) in [4.78, 5) is 6.72. The third-order valence-corrected chi connectivity index (χ3v) is 3.80. The van der Waals surface area contributed by atoms with Gasteiger partial charge in [-0.05, 0) is 37.5 Å². The number of aliphatic hydroxyl groups is 1. The molecule has 2 N–H and O–H groups in total. The summed E-state index contributed by atoms with van der Waals surface area (Å²) in [5.41, 5.74) is 1.27. The highest BCUT2D eigenvalue weighted by Gasteiger charge is 2.22. The lowest BCUT2D eigenvalue weighted by molar-refractivity contribution is 0.145. The van der Waals surface area contributed by atoms with E-state index in [0.29, 0.717) is 6.04 Å². The molecular formula is C15H25N3O. The molecule has 1 aliphatic carbocycles. The van der Waals surface area contributed by atoms with Crippen LogP contribution < -0.4 is 5.32 Å². The van der Waals surface area contributed by atoms with Gasteiger partial charge in [-0.2, -0.15) is 0 Å². The van der Waals surface area contributed by atoms with Crippen LogP contribution in [0.15, 0.2) is 18.3 Å². The van der Waals surface area contributed by atoms with Crippen LogP contribution in [0, 0.1) is 0 Å². The van der Waals surface area contributed by atoms with Crippen molar-refractivity contribution in [3.63, 3.8) is 0 Å². The van der Waals surface area contributed by atoms with Gasteiger partial charge in [0.25, 0.3) is 0 Å². The molecular weight excluding hydrogens is 238 g/mol. The molecule has 0 unspecified atom stereocenters. The Kier molecular flexibility index (Phi) is 5.61. The Labute approximate surface area is 115 Å². The van der Waals surface area contributed by atoms with Crippen molar-refractivity contribution in [2.45, 2.75) is 45.2 Å². The molecule has 1 aliphatic rings. The number of hydrogen-bond donors (Lipinski definition) is 2. The number of hydrogen-bond acceptors (Lipinski definition) is 4. The van der Waals surface area contributed by atoms with Gasteiger partial charge in [0.1, 0.15) is 5.82 Å². The SMILES string of the molecule is CCNc1cc(CN(CCO)C2CCCC2)ccn1. The van der Waals surface area contributed by atoms with E-state index < -0.39 is 0 Å². The van der Waals surface area contributed by atoms with Crippen LogP contribution in [0.4, 0.5) is 5.82 Å². The van der Waals surface area contributed by atoms with Gasteiger partial charge in [-0.3, -0.25) is 4.90 Å². The Balaban J connectivity index is 2.01. The molecule has 0 amide bonds. The van der Waals surface area contributed by atoms with Crippen LogP contribution in [0.3, 0.4) is 0 Å². The normalized spacial score (nSPS) is 16.2. The Morgan fingerprint density at radius 3 is 2.89 bits per heavy atom. The fraction of sp³-hybridized carbons (Fsp3) is 0.667. The van der Waals surface area contributed by atoms with E-state index in [4.69, 9.17) is 0 Å². The van der Waals surface area contributed by atoms with Crippen LogP contribution in [0.2, 0.25) is 0 Å². The van der Waals surface area contributed by atoms with Crippen molar-refractivity contribution in [2.75, 3.05) is 25.0 Å². The summed E-state index contributed by atoms with van der Waals surface area (Å²) in [6.45, 7) is 4.88. The number of aliphatic hydroxyl groups excluding tert-OH is 1. The first-order valence-corrected chi connectivity index (χ1v) is 7.37. The first-order valence-electron chi connectivity index (χ1n) is 7.37. The summed E-state index contributed by atoms with van der Waals surface area (Å²) < 4.78 is 0. The Morgan fingerprint density at radius 2 is 2.21 bits per heavy atom. The zero-order chi connectivity index (χ0) is 13.5. The maximum absolute atomic E-state index is 9.25. The summed E-state index contributed by atoms with van der Waals surface area (Å²) >= 11 is 0. The molecule has 1 fully saturated rings. The zero-order valence-electron chi connectivity index (χ0n) is 11.8. The molecule has 4 nitrogen and oxygen atoms in total. The number of aromatic nitrogens is 1. The van der Waals surface area contributed by atoms with Gasteiger partial charge in [0.2, 0.25) is 0 Å². The van der Waals surface area contributed by atoms with Crippen LogP contribution in [-0.4, -0.2) is 40.7 Å². The second kappa shape index (κ2) is 7.46. The van der Waals surface area contributed by atoms with Crippen LogP contribution >= 0.6 is 0 Å². The van der Waals surface area contributed by atoms with Crippen LogP contribution in [0.5, 0.6) is 0 Å². The molecule has 1 heterocycles. The van der Waals surface area contributed by atoms with Crippen molar-refractivity contribution in [3.05, 3.63) is 23.9 Å². The van der Waals surface area contributed by atoms with E-state index in [0.717, 1.165) is 25.5 Å². The number of nitrogens with one attached hydrogen (secondary N) is 1. The number of rotatable bonds is 7. The molecule has 4 heteroatoms. The number of anilines is 1. The Hall–Kier alpha value is -1.13. The fourth-order valence-corrected chi connectivity index (χ4v) is 2.87. The molecule has 0 atom stereocenters. The average molecular weight is 263 g/mol. The third-order valence-electron chi connectivity index (χ3n) is 3.80. The van der Waals surface area contributed by atoms with E-state index in [1.54, 1.807) is 0 Å². The Morgan fingerprint density at radius 1 is 1.42 bits per heavy atom. The lowest BCUT2D eigenvalue weighted by Crippen LogP contribution is -2.35. The van der Waals surface area contributed by atoms with Gasteiger partial charge in [-0.25, -0.2) is 4.98 Å². The quantitative estimate of drug-likeness (QED) is 0.792. The van der Waals surface area contributed by atoms with Gasteiger partial charge in [-0.15, -0.1) is 0 Å². The standard InChI is InChI=1S/C15H25N3O/c1-2-16-15-11-13(7-8-17-15)12-18(9-10-19)14-5-3-4-6-14/h7-8,11,14,19H,2-6,9-10,12H2,1H3,(H,16,17). The summed E-state index contributed by atoms with van der Waals surface area (Å²) in [6.07, 6.45) is 7.05. The summed E-state index contributed by atoms with van der Waals surface area (Å²) in [7, 11) is 0. The molecule has 0 radical (unpaired) electrons. The van der Waals surface area contributed by atoms with Crippen LogP contribution in [-0.2, 0) is 6.54 Å². The van der Waals surface area contributed by atoms with Crippen molar-refractivity contribution in [2.24, 2.45) is 0 Å². The van der Waals surface area contributed by atoms with Gasteiger partial charge in [-0.1, -0.05) is 12.8 Å². The van der Waals surface area contributed by atoms with Gasteiger partial charge in [0, 0.05) is 31.9 Å². The molecule has 106 valence electrons. The predicted octanol–water partition coefficient (Wildman–Crippen LogP) is 2.25. The lowest BCUT2D eigenvalue weighted by atomic mass is 10.1. The first-order chi connectivity index (χ1) is 9.33.